The highest BCUT2D eigenvalue weighted by molar-refractivity contribution is 7.08. The molecule has 0 aliphatic heterocycles. The molecule has 0 unspecified atom stereocenters. The molecule has 0 aliphatic carbocycles. The summed E-state index contributed by atoms with van der Waals surface area (Å²) < 4.78 is 3.79. The minimum atomic E-state index is -0.0151. The van der Waals surface area contributed by atoms with E-state index in [4.69, 9.17) is 0 Å². The van der Waals surface area contributed by atoms with Crippen molar-refractivity contribution in [2.45, 2.75) is 19.8 Å². The van der Waals surface area contributed by atoms with Crippen LogP contribution in [0.4, 0.5) is 0 Å². The Morgan fingerprint density at radius 1 is 1.46 bits per heavy atom. The molecule has 0 aromatic carbocycles. The molecule has 13 heavy (non-hydrogen) atoms. The molecule has 1 heterocycles. The molecule has 0 saturated carbocycles. The lowest BCUT2D eigenvalue weighted by Crippen LogP contribution is -2.22. The van der Waals surface area contributed by atoms with Gasteiger partial charge in [-0.25, -0.2) is 0 Å². The van der Waals surface area contributed by atoms with E-state index in [1.54, 1.807) is 19.0 Å². The normalized spacial score (nSPS) is 10.5. The smallest absolute Gasteiger partial charge is 0.267 e. The monoisotopic (exact) mass is 199 g/mol. The Labute approximate surface area is 81.7 Å². The number of amides is 1. The number of aromatic nitrogens is 2. The van der Waals surface area contributed by atoms with Crippen molar-refractivity contribution in [3.05, 3.63) is 10.6 Å². The van der Waals surface area contributed by atoms with Crippen LogP contribution in [0.15, 0.2) is 0 Å². The van der Waals surface area contributed by atoms with Gasteiger partial charge in [0.1, 0.15) is 4.88 Å². The summed E-state index contributed by atoms with van der Waals surface area (Å²) in [6.45, 7) is 4.01. The van der Waals surface area contributed by atoms with Gasteiger partial charge in [0.25, 0.3) is 5.91 Å². The van der Waals surface area contributed by atoms with Gasteiger partial charge in [-0.3, -0.25) is 4.79 Å². The Morgan fingerprint density at radius 3 is 2.54 bits per heavy atom. The molecule has 0 fully saturated rings. The van der Waals surface area contributed by atoms with Crippen LogP contribution >= 0.6 is 11.5 Å². The first kappa shape index (κ1) is 10.1. The van der Waals surface area contributed by atoms with Gasteiger partial charge >= 0.3 is 0 Å². The zero-order valence-electron chi connectivity index (χ0n) is 8.24. The van der Waals surface area contributed by atoms with E-state index in [1.807, 2.05) is 13.8 Å². The van der Waals surface area contributed by atoms with Crippen molar-refractivity contribution in [2.75, 3.05) is 14.1 Å². The Hall–Kier alpha value is -0.970. The fourth-order valence-electron chi connectivity index (χ4n) is 0.927. The number of nitrogens with zero attached hydrogens (tertiary/aromatic N) is 3. The van der Waals surface area contributed by atoms with Crippen LogP contribution in [0.3, 0.4) is 0 Å². The zero-order valence-corrected chi connectivity index (χ0v) is 9.05. The standard InChI is InChI=1S/C8H13N3OS/c1-5(2)6-7(13-10-9-6)8(12)11(3)4/h5H,1-4H3. The van der Waals surface area contributed by atoms with Crippen molar-refractivity contribution >= 4 is 17.4 Å². The van der Waals surface area contributed by atoms with E-state index in [1.165, 1.54) is 0 Å². The first-order valence-electron chi connectivity index (χ1n) is 4.08. The summed E-state index contributed by atoms with van der Waals surface area (Å²) in [5, 5.41) is 3.94. The van der Waals surface area contributed by atoms with Gasteiger partial charge in [0.05, 0.1) is 5.69 Å². The van der Waals surface area contributed by atoms with Crippen LogP contribution in [-0.2, 0) is 0 Å². The summed E-state index contributed by atoms with van der Waals surface area (Å²) in [5.74, 6) is 0.233. The molecular formula is C8H13N3OS. The van der Waals surface area contributed by atoms with Gasteiger partial charge in [-0.15, -0.1) is 5.10 Å². The van der Waals surface area contributed by atoms with Crippen molar-refractivity contribution in [1.82, 2.24) is 14.5 Å². The number of carbonyl (C=O) groups is 1. The third-order valence-electron chi connectivity index (χ3n) is 1.66. The van der Waals surface area contributed by atoms with Gasteiger partial charge in [-0.1, -0.05) is 18.3 Å². The highest BCUT2D eigenvalue weighted by atomic mass is 32.1. The maximum absolute atomic E-state index is 11.6. The third-order valence-corrected chi connectivity index (χ3v) is 2.39. The predicted molar refractivity (Wildman–Crippen MR) is 52.0 cm³/mol. The van der Waals surface area contributed by atoms with Crippen LogP contribution in [0.25, 0.3) is 0 Å². The van der Waals surface area contributed by atoms with E-state index >= 15 is 0 Å². The van der Waals surface area contributed by atoms with Crippen LogP contribution in [-0.4, -0.2) is 34.5 Å². The SMILES string of the molecule is CC(C)c1nnsc1C(=O)N(C)C. The molecule has 0 spiro atoms. The molecular weight excluding hydrogens is 186 g/mol. The molecule has 0 atom stereocenters. The molecule has 0 bridgehead atoms. The fourth-order valence-corrected chi connectivity index (χ4v) is 1.77. The Bertz CT molecular complexity index is 306. The quantitative estimate of drug-likeness (QED) is 0.722. The predicted octanol–water partition coefficient (Wildman–Crippen LogP) is 1.36. The van der Waals surface area contributed by atoms with E-state index < -0.39 is 0 Å². The average Bonchev–Trinajstić information content (AvgIpc) is 2.50. The molecule has 1 aromatic rings. The van der Waals surface area contributed by atoms with Gasteiger partial charge in [0, 0.05) is 14.1 Å². The van der Waals surface area contributed by atoms with Crippen molar-refractivity contribution in [3.8, 4) is 0 Å². The molecule has 0 saturated heterocycles. The Kier molecular flexibility index (Phi) is 2.98. The molecule has 5 heteroatoms. The van der Waals surface area contributed by atoms with E-state index in [0.29, 0.717) is 4.88 Å². The second-order valence-electron chi connectivity index (χ2n) is 3.34. The minimum absolute atomic E-state index is 0.0151. The van der Waals surface area contributed by atoms with Gasteiger partial charge in [-0.05, 0) is 17.5 Å². The molecule has 1 amide bonds. The number of rotatable bonds is 2. The van der Waals surface area contributed by atoms with Crippen molar-refractivity contribution in [2.24, 2.45) is 0 Å². The van der Waals surface area contributed by atoms with Crippen LogP contribution in [0.1, 0.15) is 35.1 Å². The van der Waals surface area contributed by atoms with E-state index in [2.05, 4.69) is 9.59 Å². The summed E-state index contributed by atoms with van der Waals surface area (Å²) in [5.41, 5.74) is 0.795. The van der Waals surface area contributed by atoms with Crippen molar-refractivity contribution in [1.29, 1.82) is 0 Å². The van der Waals surface area contributed by atoms with Gasteiger partial charge in [-0.2, -0.15) is 0 Å². The third kappa shape index (κ3) is 2.03. The average molecular weight is 199 g/mol. The van der Waals surface area contributed by atoms with E-state index in [-0.39, 0.29) is 11.8 Å². The molecule has 72 valence electrons. The number of hydrogen-bond donors (Lipinski definition) is 0. The van der Waals surface area contributed by atoms with E-state index in [0.717, 1.165) is 17.2 Å². The lowest BCUT2D eigenvalue weighted by atomic mass is 10.1. The topological polar surface area (TPSA) is 46.1 Å². The molecule has 0 radical (unpaired) electrons. The Morgan fingerprint density at radius 2 is 2.08 bits per heavy atom. The Balaban J connectivity index is 3.01. The maximum atomic E-state index is 11.6. The van der Waals surface area contributed by atoms with Crippen LogP contribution < -0.4 is 0 Å². The first-order valence-corrected chi connectivity index (χ1v) is 4.85. The number of hydrogen-bond acceptors (Lipinski definition) is 4. The lowest BCUT2D eigenvalue weighted by Gasteiger charge is -2.09. The summed E-state index contributed by atoms with van der Waals surface area (Å²) in [4.78, 5) is 13.8. The molecule has 4 nitrogen and oxygen atoms in total. The fraction of sp³-hybridized carbons (Fsp3) is 0.625. The summed E-state index contributed by atoms with van der Waals surface area (Å²) in [6.07, 6.45) is 0. The van der Waals surface area contributed by atoms with Crippen molar-refractivity contribution in [3.63, 3.8) is 0 Å². The second-order valence-corrected chi connectivity index (χ2v) is 4.10. The second kappa shape index (κ2) is 3.83. The maximum Gasteiger partial charge on any atom is 0.267 e. The summed E-state index contributed by atoms with van der Waals surface area (Å²) in [6, 6.07) is 0. The van der Waals surface area contributed by atoms with Gasteiger partial charge in [0.15, 0.2) is 0 Å². The molecule has 1 rings (SSSR count). The van der Waals surface area contributed by atoms with Gasteiger partial charge in [0.2, 0.25) is 0 Å². The van der Waals surface area contributed by atoms with Gasteiger partial charge < -0.3 is 4.90 Å². The number of carbonyl (C=O) groups excluding carboxylic acids is 1. The van der Waals surface area contributed by atoms with Crippen molar-refractivity contribution < 1.29 is 4.79 Å². The first-order chi connectivity index (χ1) is 6.04. The zero-order chi connectivity index (χ0) is 10.0. The van der Waals surface area contributed by atoms with Crippen LogP contribution in [0.2, 0.25) is 0 Å². The van der Waals surface area contributed by atoms with E-state index in [9.17, 15) is 4.79 Å². The highest BCUT2D eigenvalue weighted by Crippen LogP contribution is 2.20. The molecule has 0 aliphatic rings. The van der Waals surface area contributed by atoms with Crippen LogP contribution in [0.5, 0.6) is 0 Å². The van der Waals surface area contributed by atoms with Crippen LogP contribution in [0, 0.1) is 0 Å². The lowest BCUT2D eigenvalue weighted by molar-refractivity contribution is 0.0830. The summed E-state index contributed by atoms with van der Waals surface area (Å²) >= 11 is 1.16. The highest BCUT2D eigenvalue weighted by Gasteiger charge is 2.19. The summed E-state index contributed by atoms with van der Waals surface area (Å²) in [7, 11) is 3.46. The largest absolute Gasteiger partial charge is 0.344 e. The molecule has 1 aromatic heterocycles. The molecule has 0 N–H and O–H groups in total. The minimum Gasteiger partial charge on any atom is -0.344 e.